The molecule has 0 amide bonds. The van der Waals surface area contributed by atoms with Crippen LogP contribution in [0, 0.1) is 0 Å². The van der Waals surface area contributed by atoms with Crippen molar-refractivity contribution in [1.29, 1.82) is 0 Å². The summed E-state index contributed by atoms with van der Waals surface area (Å²) in [6, 6.07) is 3.74. The molecule has 0 atom stereocenters. The average Bonchev–Trinajstić information content (AvgIpc) is 2.04. The SMILES string of the molecule is CC(=O)C(C)(C)c1ccnc(Br)c1. The van der Waals surface area contributed by atoms with Crippen molar-refractivity contribution in [2.75, 3.05) is 0 Å². The molecular formula is C10H12BrNO. The lowest BCUT2D eigenvalue weighted by atomic mass is 9.82. The Hall–Kier alpha value is -0.700. The van der Waals surface area contributed by atoms with Gasteiger partial charge in [0.25, 0.3) is 0 Å². The Morgan fingerprint density at radius 1 is 1.54 bits per heavy atom. The highest BCUT2D eigenvalue weighted by Gasteiger charge is 2.25. The zero-order valence-corrected chi connectivity index (χ0v) is 9.55. The molecule has 0 saturated heterocycles. The van der Waals surface area contributed by atoms with Gasteiger partial charge in [0.1, 0.15) is 10.4 Å². The number of carbonyl (C=O) groups excluding carboxylic acids is 1. The van der Waals surface area contributed by atoms with Crippen LogP contribution in [0.5, 0.6) is 0 Å². The van der Waals surface area contributed by atoms with Crippen LogP contribution in [-0.4, -0.2) is 10.8 Å². The van der Waals surface area contributed by atoms with Gasteiger partial charge in [0, 0.05) is 11.6 Å². The molecule has 1 aromatic heterocycles. The molecule has 0 aliphatic heterocycles. The van der Waals surface area contributed by atoms with Crippen LogP contribution < -0.4 is 0 Å². The molecule has 0 bridgehead atoms. The number of pyridine rings is 1. The van der Waals surface area contributed by atoms with Crippen LogP contribution in [0.2, 0.25) is 0 Å². The van der Waals surface area contributed by atoms with Gasteiger partial charge < -0.3 is 0 Å². The van der Waals surface area contributed by atoms with Crippen molar-refractivity contribution in [3.8, 4) is 0 Å². The third-order valence-electron chi connectivity index (χ3n) is 2.33. The van der Waals surface area contributed by atoms with Gasteiger partial charge in [0.15, 0.2) is 0 Å². The summed E-state index contributed by atoms with van der Waals surface area (Å²) in [5, 5.41) is 0. The highest BCUT2D eigenvalue weighted by atomic mass is 79.9. The number of hydrogen-bond donors (Lipinski definition) is 0. The summed E-state index contributed by atoms with van der Waals surface area (Å²) >= 11 is 3.28. The molecule has 0 radical (unpaired) electrons. The van der Waals surface area contributed by atoms with Crippen LogP contribution in [0.25, 0.3) is 0 Å². The topological polar surface area (TPSA) is 30.0 Å². The maximum absolute atomic E-state index is 11.3. The van der Waals surface area contributed by atoms with Gasteiger partial charge in [-0.2, -0.15) is 0 Å². The molecule has 0 fully saturated rings. The molecule has 0 aliphatic rings. The first-order valence-electron chi connectivity index (χ1n) is 4.07. The molecule has 0 N–H and O–H groups in total. The second kappa shape index (κ2) is 3.58. The average molecular weight is 242 g/mol. The minimum atomic E-state index is -0.425. The fourth-order valence-electron chi connectivity index (χ4n) is 0.994. The lowest BCUT2D eigenvalue weighted by molar-refractivity contribution is -0.121. The third-order valence-corrected chi connectivity index (χ3v) is 2.76. The van der Waals surface area contributed by atoms with Crippen molar-refractivity contribution in [3.05, 3.63) is 28.5 Å². The smallest absolute Gasteiger partial charge is 0.139 e. The van der Waals surface area contributed by atoms with Gasteiger partial charge in [-0.1, -0.05) is 0 Å². The van der Waals surface area contributed by atoms with Crippen molar-refractivity contribution in [3.63, 3.8) is 0 Å². The first kappa shape index (κ1) is 10.4. The maximum Gasteiger partial charge on any atom is 0.139 e. The van der Waals surface area contributed by atoms with Gasteiger partial charge in [-0.15, -0.1) is 0 Å². The summed E-state index contributed by atoms with van der Waals surface area (Å²) in [6.45, 7) is 5.43. The van der Waals surface area contributed by atoms with Crippen molar-refractivity contribution in [2.24, 2.45) is 0 Å². The number of hydrogen-bond acceptors (Lipinski definition) is 2. The Kier molecular flexibility index (Phi) is 2.86. The number of Topliss-reactive ketones (excluding diaryl/α,β-unsaturated/α-hetero) is 1. The van der Waals surface area contributed by atoms with Crippen LogP contribution in [0.1, 0.15) is 26.3 Å². The fraction of sp³-hybridized carbons (Fsp3) is 0.400. The van der Waals surface area contributed by atoms with Gasteiger partial charge in [0.2, 0.25) is 0 Å². The van der Waals surface area contributed by atoms with E-state index in [0.29, 0.717) is 0 Å². The molecular weight excluding hydrogens is 230 g/mol. The van der Waals surface area contributed by atoms with Crippen molar-refractivity contribution in [2.45, 2.75) is 26.2 Å². The van der Waals surface area contributed by atoms with E-state index < -0.39 is 5.41 Å². The predicted molar refractivity (Wildman–Crippen MR) is 55.6 cm³/mol. The maximum atomic E-state index is 11.3. The quantitative estimate of drug-likeness (QED) is 0.746. The van der Waals surface area contributed by atoms with E-state index in [2.05, 4.69) is 20.9 Å². The Balaban J connectivity index is 3.14. The molecule has 13 heavy (non-hydrogen) atoms. The van der Waals surface area contributed by atoms with Gasteiger partial charge >= 0.3 is 0 Å². The minimum absolute atomic E-state index is 0.158. The summed E-state index contributed by atoms with van der Waals surface area (Å²) in [5.74, 6) is 0.158. The van der Waals surface area contributed by atoms with Gasteiger partial charge in [-0.3, -0.25) is 4.79 Å². The number of halogens is 1. The molecule has 0 aromatic carbocycles. The molecule has 1 aromatic rings. The lowest BCUT2D eigenvalue weighted by Crippen LogP contribution is -2.26. The highest BCUT2D eigenvalue weighted by molar-refractivity contribution is 9.10. The van der Waals surface area contributed by atoms with E-state index in [9.17, 15) is 4.79 Å². The number of carbonyl (C=O) groups is 1. The first-order valence-corrected chi connectivity index (χ1v) is 4.87. The van der Waals surface area contributed by atoms with E-state index in [1.54, 1.807) is 13.1 Å². The molecule has 70 valence electrons. The standard InChI is InChI=1S/C10H12BrNO/c1-7(13)10(2,3)8-4-5-12-9(11)6-8/h4-6H,1-3H3. The van der Waals surface area contributed by atoms with E-state index in [0.717, 1.165) is 10.2 Å². The Labute approximate surface area is 86.5 Å². The van der Waals surface area contributed by atoms with Crippen LogP contribution in [0.3, 0.4) is 0 Å². The summed E-state index contributed by atoms with van der Waals surface area (Å²) in [5.41, 5.74) is 0.563. The largest absolute Gasteiger partial charge is 0.299 e. The molecule has 0 spiro atoms. The van der Waals surface area contributed by atoms with Crippen LogP contribution >= 0.6 is 15.9 Å². The minimum Gasteiger partial charge on any atom is -0.299 e. The number of aromatic nitrogens is 1. The molecule has 2 nitrogen and oxygen atoms in total. The zero-order valence-electron chi connectivity index (χ0n) is 7.97. The normalized spacial score (nSPS) is 11.4. The third kappa shape index (κ3) is 2.15. The van der Waals surface area contributed by atoms with Gasteiger partial charge in [0.05, 0.1) is 0 Å². The summed E-state index contributed by atoms with van der Waals surface area (Å²) < 4.78 is 0.763. The van der Waals surface area contributed by atoms with Crippen molar-refractivity contribution < 1.29 is 4.79 Å². The summed E-state index contributed by atoms with van der Waals surface area (Å²) in [7, 11) is 0. The van der Waals surface area contributed by atoms with Crippen LogP contribution in [-0.2, 0) is 10.2 Å². The van der Waals surface area contributed by atoms with E-state index in [-0.39, 0.29) is 5.78 Å². The van der Waals surface area contributed by atoms with Crippen LogP contribution in [0.15, 0.2) is 22.9 Å². The number of ketones is 1. The van der Waals surface area contributed by atoms with E-state index >= 15 is 0 Å². The molecule has 1 heterocycles. The Bertz CT molecular complexity index is 333. The Morgan fingerprint density at radius 2 is 2.15 bits per heavy atom. The van der Waals surface area contributed by atoms with E-state index in [4.69, 9.17) is 0 Å². The van der Waals surface area contributed by atoms with Gasteiger partial charge in [-0.25, -0.2) is 4.98 Å². The molecule has 0 aliphatic carbocycles. The summed E-state index contributed by atoms with van der Waals surface area (Å²) in [4.78, 5) is 15.4. The van der Waals surface area contributed by atoms with Crippen molar-refractivity contribution in [1.82, 2.24) is 4.98 Å². The van der Waals surface area contributed by atoms with Gasteiger partial charge in [-0.05, 0) is 54.4 Å². The first-order chi connectivity index (χ1) is 5.94. The monoisotopic (exact) mass is 241 g/mol. The number of nitrogens with zero attached hydrogens (tertiary/aromatic N) is 1. The fourth-order valence-corrected chi connectivity index (χ4v) is 1.36. The van der Waals surface area contributed by atoms with E-state index in [1.165, 1.54) is 0 Å². The molecule has 1 rings (SSSR count). The predicted octanol–water partition coefficient (Wildman–Crippen LogP) is 2.71. The second-order valence-corrected chi connectivity index (χ2v) is 4.36. The molecule has 0 saturated carbocycles. The second-order valence-electron chi connectivity index (χ2n) is 3.55. The zero-order chi connectivity index (χ0) is 10.1. The Morgan fingerprint density at radius 3 is 2.62 bits per heavy atom. The van der Waals surface area contributed by atoms with Crippen LogP contribution in [0.4, 0.5) is 0 Å². The lowest BCUT2D eigenvalue weighted by Gasteiger charge is -2.21. The van der Waals surface area contributed by atoms with E-state index in [1.807, 2.05) is 26.0 Å². The number of rotatable bonds is 2. The molecule has 3 heteroatoms. The highest BCUT2D eigenvalue weighted by Crippen LogP contribution is 2.25. The summed E-state index contributed by atoms with van der Waals surface area (Å²) in [6.07, 6.45) is 1.70. The van der Waals surface area contributed by atoms with Crippen molar-refractivity contribution >= 4 is 21.7 Å². The molecule has 0 unspecified atom stereocenters.